The third kappa shape index (κ3) is 3.59. The van der Waals surface area contributed by atoms with Gasteiger partial charge in [-0.15, -0.1) is 0 Å². The van der Waals surface area contributed by atoms with Crippen LogP contribution in [0.15, 0.2) is 24.3 Å². The Morgan fingerprint density at radius 2 is 1.94 bits per heavy atom. The van der Waals surface area contributed by atoms with Crippen LogP contribution < -0.4 is 4.74 Å². The minimum atomic E-state index is -0.831. The number of hydrogen-bond acceptors (Lipinski definition) is 4. The molecule has 0 unspecified atom stereocenters. The van der Waals surface area contributed by atoms with Crippen LogP contribution in [0.25, 0.3) is 0 Å². The maximum Gasteiger partial charge on any atom is 0.379 e. The summed E-state index contributed by atoms with van der Waals surface area (Å²) in [5.74, 6) is -1.12. The van der Waals surface area contributed by atoms with Crippen LogP contribution in [0.5, 0.6) is 5.75 Å². The Morgan fingerprint density at radius 1 is 1.24 bits per heavy atom. The fourth-order valence-corrected chi connectivity index (χ4v) is 1.32. The molecule has 0 fully saturated rings. The van der Waals surface area contributed by atoms with E-state index in [1.807, 2.05) is 6.92 Å². The van der Waals surface area contributed by atoms with Gasteiger partial charge in [-0.1, -0.05) is 25.5 Å². The summed E-state index contributed by atoms with van der Waals surface area (Å²) < 4.78 is 9.87. The van der Waals surface area contributed by atoms with Crippen molar-refractivity contribution in [3.63, 3.8) is 0 Å². The van der Waals surface area contributed by atoms with E-state index in [0.29, 0.717) is 5.75 Å². The first-order valence-corrected chi connectivity index (χ1v) is 5.55. The van der Waals surface area contributed by atoms with Crippen LogP contribution in [0, 0.1) is 0 Å². The van der Waals surface area contributed by atoms with E-state index in [1.165, 1.54) is 7.11 Å². The molecule has 0 atom stereocenters. The zero-order valence-electron chi connectivity index (χ0n) is 10.1. The molecule has 4 nitrogen and oxygen atoms in total. The van der Waals surface area contributed by atoms with Crippen molar-refractivity contribution in [2.24, 2.45) is 0 Å². The predicted molar refractivity (Wildman–Crippen MR) is 63.2 cm³/mol. The maximum absolute atomic E-state index is 11.8. The SMILES string of the molecule is CCCCOC(=O)C(=O)c1ccccc1OC. The molecule has 0 aliphatic carbocycles. The van der Waals surface area contributed by atoms with E-state index in [9.17, 15) is 9.59 Å². The molecule has 0 radical (unpaired) electrons. The molecule has 0 saturated heterocycles. The van der Waals surface area contributed by atoms with Gasteiger partial charge in [0.05, 0.1) is 19.3 Å². The van der Waals surface area contributed by atoms with Crippen LogP contribution in [-0.2, 0) is 9.53 Å². The summed E-state index contributed by atoms with van der Waals surface area (Å²) in [5, 5.41) is 0. The number of unbranched alkanes of at least 4 members (excludes halogenated alkanes) is 1. The lowest BCUT2D eigenvalue weighted by atomic mass is 10.1. The highest BCUT2D eigenvalue weighted by Crippen LogP contribution is 2.18. The van der Waals surface area contributed by atoms with Gasteiger partial charge in [0.1, 0.15) is 5.75 Å². The molecule has 1 rings (SSSR count). The number of hydrogen-bond donors (Lipinski definition) is 0. The lowest BCUT2D eigenvalue weighted by Gasteiger charge is -2.06. The van der Waals surface area contributed by atoms with Gasteiger partial charge < -0.3 is 9.47 Å². The molecule has 17 heavy (non-hydrogen) atoms. The molecule has 0 aliphatic heterocycles. The van der Waals surface area contributed by atoms with Crippen molar-refractivity contribution in [2.75, 3.05) is 13.7 Å². The number of carbonyl (C=O) groups is 2. The van der Waals surface area contributed by atoms with E-state index in [0.717, 1.165) is 12.8 Å². The van der Waals surface area contributed by atoms with Gasteiger partial charge >= 0.3 is 5.97 Å². The lowest BCUT2D eigenvalue weighted by molar-refractivity contribution is -0.138. The van der Waals surface area contributed by atoms with Gasteiger partial charge in [-0.05, 0) is 18.6 Å². The second-order valence-electron chi connectivity index (χ2n) is 3.52. The van der Waals surface area contributed by atoms with Crippen LogP contribution in [0.2, 0.25) is 0 Å². The van der Waals surface area contributed by atoms with Crippen molar-refractivity contribution in [3.8, 4) is 5.75 Å². The number of rotatable bonds is 6. The average molecular weight is 236 g/mol. The normalized spacial score (nSPS) is 9.76. The van der Waals surface area contributed by atoms with Crippen LogP contribution in [0.1, 0.15) is 30.1 Å². The Balaban J connectivity index is 2.71. The van der Waals surface area contributed by atoms with Gasteiger partial charge in [0, 0.05) is 0 Å². The maximum atomic E-state index is 11.8. The topological polar surface area (TPSA) is 52.6 Å². The smallest absolute Gasteiger partial charge is 0.379 e. The minimum Gasteiger partial charge on any atom is -0.496 e. The van der Waals surface area contributed by atoms with Crippen LogP contribution in [0.3, 0.4) is 0 Å². The van der Waals surface area contributed by atoms with Gasteiger partial charge in [-0.3, -0.25) is 4.79 Å². The highest BCUT2D eigenvalue weighted by Gasteiger charge is 2.21. The highest BCUT2D eigenvalue weighted by molar-refractivity contribution is 6.41. The molecule has 92 valence electrons. The van der Waals surface area contributed by atoms with Crippen molar-refractivity contribution in [1.82, 2.24) is 0 Å². The quantitative estimate of drug-likeness (QED) is 0.329. The number of para-hydroxylation sites is 1. The number of ketones is 1. The standard InChI is InChI=1S/C13H16O4/c1-3-4-9-17-13(15)12(14)10-7-5-6-8-11(10)16-2/h5-8H,3-4,9H2,1-2H3. The molecule has 0 N–H and O–H groups in total. The minimum absolute atomic E-state index is 0.233. The first-order valence-electron chi connectivity index (χ1n) is 5.55. The van der Waals surface area contributed by atoms with E-state index in [1.54, 1.807) is 24.3 Å². The molecule has 0 bridgehead atoms. The summed E-state index contributed by atoms with van der Waals surface area (Å²) in [6.45, 7) is 2.26. The van der Waals surface area contributed by atoms with Gasteiger partial charge in [-0.25, -0.2) is 4.79 Å². The Kier molecular flexibility index (Phi) is 5.20. The number of benzene rings is 1. The zero-order chi connectivity index (χ0) is 12.7. The molecule has 0 amide bonds. The monoisotopic (exact) mass is 236 g/mol. The number of ether oxygens (including phenoxy) is 2. The van der Waals surface area contributed by atoms with E-state index in [2.05, 4.69) is 0 Å². The summed E-state index contributed by atoms with van der Waals surface area (Å²) in [4.78, 5) is 23.2. The fourth-order valence-electron chi connectivity index (χ4n) is 1.32. The summed E-state index contributed by atoms with van der Waals surface area (Å²) in [6, 6.07) is 6.59. The number of carbonyl (C=O) groups excluding carboxylic acids is 2. The third-order valence-corrected chi connectivity index (χ3v) is 2.27. The van der Waals surface area contributed by atoms with E-state index < -0.39 is 11.8 Å². The van der Waals surface area contributed by atoms with E-state index in [4.69, 9.17) is 9.47 Å². The number of esters is 1. The second kappa shape index (κ2) is 6.68. The average Bonchev–Trinajstić information content (AvgIpc) is 2.38. The fraction of sp³-hybridized carbons (Fsp3) is 0.385. The first-order chi connectivity index (χ1) is 8.20. The molecule has 0 spiro atoms. The Labute approximate surface area is 101 Å². The van der Waals surface area contributed by atoms with E-state index in [-0.39, 0.29) is 12.2 Å². The van der Waals surface area contributed by atoms with Gasteiger partial charge in [0.25, 0.3) is 5.78 Å². The van der Waals surface area contributed by atoms with Crippen LogP contribution in [-0.4, -0.2) is 25.5 Å². The molecule has 1 aromatic rings. The summed E-state index contributed by atoms with van der Waals surface area (Å²) in [5.41, 5.74) is 0.233. The number of methoxy groups -OCH3 is 1. The Morgan fingerprint density at radius 3 is 2.59 bits per heavy atom. The van der Waals surface area contributed by atoms with Crippen molar-refractivity contribution in [3.05, 3.63) is 29.8 Å². The zero-order valence-corrected chi connectivity index (χ0v) is 10.1. The number of Topliss-reactive ketones (excluding diaryl/α,β-unsaturated/α-hetero) is 1. The summed E-state index contributed by atoms with van der Waals surface area (Å²) in [6.07, 6.45) is 1.67. The van der Waals surface area contributed by atoms with Gasteiger partial charge in [0.15, 0.2) is 0 Å². The van der Waals surface area contributed by atoms with Crippen molar-refractivity contribution >= 4 is 11.8 Å². The molecular formula is C13H16O4. The lowest BCUT2D eigenvalue weighted by Crippen LogP contribution is -2.18. The third-order valence-electron chi connectivity index (χ3n) is 2.27. The Bertz CT molecular complexity index is 398. The highest BCUT2D eigenvalue weighted by atomic mass is 16.5. The Hall–Kier alpha value is -1.84. The van der Waals surface area contributed by atoms with Gasteiger partial charge in [0.2, 0.25) is 0 Å². The first kappa shape index (κ1) is 13.2. The molecular weight excluding hydrogens is 220 g/mol. The van der Waals surface area contributed by atoms with Gasteiger partial charge in [-0.2, -0.15) is 0 Å². The van der Waals surface area contributed by atoms with Crippen molar-refractivity contribution in [1.29, 1.82) is 0 Å². The van der Waals surface area contributed by atoms with Crippen LogP contribution in [0.4, 0.5) is 0 Å². The predicted octanol–water partition coefficient (Wildman–Crippen LogP) is 2.22. The summed E-state index contributed by atoms with van der Waals surface area (Å²) >= 11 is 0. The molecule has 4 heteroatoms. The molecule has 0 saturated carbocycles. The van der Waals surface area contributed by atoms with Crippen LogP contribution >= 0.6 is 0 Å². The van der Waals surface area contributed by atoms with E-state index >= 15 is 0 Å². The van der Waals surface area contributed by atoms with Crippen molar-refractivity contribution in [2.45, 2.75) is 19.8 Å². The van der Waals surface area contributed by atoms with Crippen molar-refractivity contribution < 1.29 is 19.1 Å². The molecule has 1 aromatic carbocycles. The second-order valence-corrected chi connectivity index (χ2v) is 3.52. The molecule has 0 aliphatic rings. The summed E-state index contributed by atoms with van der Waals surface area (Å²) in [7, 11) is 1.45. The molecule has 0 aromatic heterocycles. The largest absolute Gasteiger partial charge is 0.496 e. The molecule has 0 heterocycles.